The lowest BCUT2D eigenvalue weighted by molar-refractivity contribution is -0.119. The fraction of sp³-hybridized carbons (Fsp3) is 0.429. The zero-order chi connectivity index (χ0) is 19.8. The highest BCUT2D eigenvalue weighted by atomic mass is 32.1. The van der Waals surface area contributed by atoms with Crippen LogP contribution in [-0.2, 0) is 4.79 Å². The van der Waals surface area contributed by atoms with Crippen molar-refractivity contribution in [1.29, 1.82) is 0 Å². The minimum Gasteiger partial charge on any atom is -0.335 e. The highest BCUT2D eigenvalue weighted by Gasteiger charge is 2.17. The van der Waals surface area contributed by atoms with Gasteiger partial charge in [-0.25, -0.2) is 4.79 Å². The van der Waals surface area contributed by atoms with Crippen molar-refractivity contribution in [3.63, 3.8) is 0 Å². The second-order valence-corrected chi connectivity index (χ2v) is 7.96. The number of hydrogen-bond donors (Lipinski definition) is 3. The lowest BCUT2D eigenvalue weighted by Gasteiger charge is -2.19. The molecule has 0 saturated heterocycles. The van der Waals surface area contributed by atoms with Crippen LogP contribution in [0.1, 0.15) is 62.1 Å². The molecule has 1 heterocycles. The highest BCUT2D eigenvalue weighted by molar-refractivity contribution is 7.10. The molecule has 2 aromatic rings. The van der Waals surface area contributed by atoms with Crippen molar-refractivity contribution in [2.24, 2.45) is 0 Å². The maximum Gasteiger partial charge on any atom is 0.321 e. The second-order valence-electron chi connectivity index (χ2n) is 6.98. The van der Waals surface area contributed by atoms with Crippen LogP contribution in [0.4, 0.5) is 4.79 Å². The number of benzene rings is 1. The average molecular weight is 388 g/mol. The topological polar surface area (TPSA) is 70.2 Å². The van der Waals surface area contributed by atoms with Crippen LogP contribution in [0.3, 0.4) is 0 Å². The largest absolute Gasteiger partial charge is 0.335 e. The summed E-state index contributed by atoms with van der Waals surface area (Å²) >= 11 is 1.64. The molecular formula is C21H29N3O2S. The van der Waals surface area contributed by atoms with Gasteiger partial charge in [-0.3, -0.25) is 15.4 Å². The Bertz CT molecular complexity index is 726. The maximum atomic E-state index is 12.1. The molecule has 0 spiro atoms. The molecule has 0 saturated carbocycles. The molecule has 1 aromatic carbocycles. The first kappa shape index (κ1) is 21.1. The first-order valence-electron chi connectivity index (χ1n) is 9.37. The van der Waals surface area contributed by atoms with Gasteiger partial charge in [0, 0.05) is 10.9 Å². The van der Waals surface area contributed by atoms with Crippen molar-refractivity contribution >= 4 is 23.3 Å². The van der Waals surface area contributed by atoms with E-state index in [-0.39, 0.29) is 24.5 Å². The van der Waals surface area contributed by atoms with Gasteiger partial charge in [0.05, 0.1) is 12.6 Å². The van der Waals surface area contributed by atoms with E-state index in [9.17, 15) is 9.59 Å². The Morgan fingerprint density at radius 3 is 2.26 bits per heavy atom. The van der Waals surface area contributed by atoms with E-state index in [1.54, 1.807) is 11.3 Å². The minimum absolute atomic E-state index is 0.0316. The Kier molecular flexibility index (Phi) is 8.00. The van der Waals surface area contributed by atoms with E-state index in [4.69, 9.17) is 0 Å². The van der Waals surface area contributed by atoms with Gasteiger partial charge in [-0.1, -0.05) is 51.1 Å². The SMILES string of the molecule is CC[C@H](C)NC(=O)NC(=O)CN[C@H](c1ccc(C(C)C)cc1)c1cccs1. The molecule has 27 heavy (non-hydrogen) atoms. The molecular weight excluding hydrogens is 358 g/mol. The molecule has 0 bridgehead atoms. The molecule has 2 atom stereocenters. The third-order valence-electron chi connectivity index (χ3n) is 4.47. The van der Waals surface area contributed by atoms with Gasteiger partial charge in [-0.2, -0.15) is 0 Å². The molecule has 2 rings (SSSR count). The van der Waals surface area contributed by atoms with Crippen molar-refractivity contribution in [1.82, 2.24) is 16.0 Å². The van der Waals surface area contributed by atoms with Crippen molar-refractivity contribution < 1.29 is 9.59 Å². The number of rotatable bonds is 8. The van der Waals surface area contributed by atoms with Gasteiger partial charge >= 0.3 is 6.03 Å². The number of carbonyl (C=O) groups excluding carboxylic acids is 2. The number of nitrogens with one attached hydrogen (secondary N) is 3. The Hall–Kier alpha value is -2.18. The summed E-state index contributed by atoms with van der Waals surface area (Å²) in [7, 11) is 0. The summed E-state index contributed by atoms with van der Waals surface area (Å²) in [4.78, 5) is 25.1. The first-order chi connectivity index (χ1) is 12.9. The zero-order valence-corrected chi connectivity index (χ0v) is 17.2. The zero-order valence-electron chi connectivity index (χ0n) is 16.4. The number of urea groups is 1. The van der Waals surface area contributed by atoms with Crippen LogP contribution in [0, 0.1) is 0 Å². The fourth-order valence-corrected chi connectivity index (χ4v) is 3.47. The van der Waals surface area contributed by atoms with Gasteiger partial charge in [0.25, 0.3) is 0 Å². The molecule has 3 amide bonds. The average Bonchev–Trinajstić information content (AvgIpc) is 3.16. The van der Waals surface area contributed by atoms with Crippen molar-refractivity contribution in [2.75, 3.05) is 6.54 Å². The van der Waals surface area contributed by atoms with Crippen LogP contribution >= 0.6 is 11.3 Å². The summed E-state index contributed by atoms with van der Waals surface area (Å²) in [5, 5.41) is 10.4. The molecule has 0 fully saturated rings. The summed E-state index contributed by atoms with van der Waals surface area (Å²) < 4.78 is 0. The van der Waals surface area contributed by atoms with E-state index in [0.717, 1.165) is 16.9 Å². The summed E-state index contributed by atoms with van der Waals surface area (Å²) in [6, 6.07) is 12.0. The predicted octanol–water partition coefficient (Wildman–Crippen LogP) is 4.17. The van der Waals surface area contributed by atoms with Crippen LogP contribution < -0.4 is 16.0 Å². The van der Waals surface area contributed by atoms with Gasteiger partial charge in [0.1, 0.15) is 0 Å². The summed E-state index contributed by atoms with van der Waals surface area (Å²) in [6.45, 7) is 8.26. The van der Waals surface area contributed by atoms with Crippen molar-refractivity contribution in [2.45, 2.75) is 52.1 Å². The van der Waals surface area contributed by atoms with Crippen molar-refractivity contribution in [3.8, 4) is 0 Å². The standard InChI is InChI=1S/C21H29N3O2S/c1-5-15(4)23-21(26)24-19(25)13-22-20(18-7-6-12-27-18)17-10-8-16(9-11-17)14(2)3/h6-12,14-15,20,22H,5,13H2,1-4H3,(H2,23,24,25,26)/t15-,20+/m0/s1. The van der Waals surface area contributed by atoms with E-state index in [2.05, 4.69) is 54.1 Å². The second kappa shape index (κ2) is 10.2. The molecule has 6 heteroatoms. The Balaban J connectivity index is 2.01. The monoisotopic (exact) mass is 387 g/mol. The minimum atomic E-state index is -0.454. The molecule has 0 unspecified atom stereocenters. The number of carbonyl (C=O) groups is 2. The molecule has 0 aliphatic carbocycles. The number of hydrogen-bond acceptors (Lipinski definition) is 4. The molecule has 3 N–H and O–H groups in total. The van der Waals surface area contributed by atoms with E-state index in [0.29, 0.717) is 5.92 Å². The lowest BCUT2D eigenvalue weighted by atomic mass is 9.98. The molecule has 0 aliphatic rings. The van der Waals surface area contributed by atoms with Crippen LogP contribution in [0.25, 0.3) is 0 Å². The first-order valence-corrected chi connectivity index (χ1v) is 10.3. The van der Waals surface area contributed by atoms with Crippen LogP contribution in [0.2, 0.25) is 0 Å². The van der Waals surface area contributed by atoms with Gasteiger partial charge in [-0.15, -0.1) is 11.3 Å². The van der Waals surface area contributed by atoms with Crippen LogP contribution in [0.15, 0.2) is 41.8 Å². The van der Waals surface area contributed by atoms with Crippen molar-refractivity contribution in [3.05, 3.63) is 57.8 Å². The van der Waals surface area contributed by atoms with Gasteiger partial charge in [0.15, 0.2) is 0 Å². The summed E-state index contributed by atoms with van der Waals surface area (Å²) in [5.41, 5.74) is 2.38. The number of imide groups is 1. The quantitative estimate of drug-likeness (QED) is 0.636. The third kappa shape index (κ3) is 6.48. The molecule has 0 radical (unpaired) electrons. The van der Waals surface area contributed by atoms with Gasteiger partial charge in [0.2, 0.25) is 5.91 Å². The fourth-order valence-electron chi connectivity index (χ4n) is 2.64. The van der Waals surface area contributed by atoms with Crippen LogP contribution in [0.5, 0.6) is 0 Å². The van der Waals surface area contributed by atoms with E-state index < -0.39 is 6.03 Å². The molecule has 146 valence electrons. The Labute approximate surface area is 165 Å². The van der Waals surface area contributed by atoms with Gasteiger partial charge < -0.3 is 5.32 Å². The summed E-state index contributed by atoms with van der Waals surface area (Å²) in [5.74, 6) is 0.123. The predicted molar refractivity (Wildman–Crippen MR) is 111 cm³/mol. The smallest absolute Gasteiger partial charge is 0.321 e. The molecule has 1 aromatic heterocycles. The Morgan fingerprint density at radius 2 is 1.70 bits per heavy atom. The van der Waals surface area contributed by atoms with E-state index >= 15 is 0 Å². The third-order valence-corrected chi connectivity index (χ3v) is 5.41. The maximum absolute atomic E-state index is 12.1. The normalized spacial score (nSPS) is 13.2. The van der Waals surface area contributed by atoms with E-state index in [1.165, 1.54) is 5.56 Å². The highest BCUT2D eigenvalue weighted by Crippen LogP contribution is 2.27. The molecule has 0 aliphatic heterocycles. The Morgan fingerprint density at radius 1 is 1.04 bits per heavy atom. The van der Waals surface area contributed by atoms with Crippen LogP contribution in [-0.4, -0.2) is 24.5 Å². The summed E-state index contributed by atoms with van der Waals surface area (Å²) in [6.07, 6.45) is 0.812. The van der Waals surface area contributed by atoms with E-state index in [1.807, 2.05) is 31.4 Å². The number of thiophene rings is 1. The molecule has 5 nitrogen and oxygen atoms in total. The number of amides is 3. The van der Waals surface area contributed by atoms with Gasteiger partial charge in [-0.05, 0) is 41.8 Å². The lowest BCUT2D eigenvalue weighted by Crippen LogP contribution is -2.46.